The van der Waals surface area contributed by atoms with E-state index in [0.717, 1.165) is 0 Å². The van der Waals surface area contributed by atoms with Gasteiger partial charge in [-0.1, -0.05) is 11.2 Å². The molecule has 12 nitrogen and oxygen atoms in total. The van der Waals surface area contributed by atoms with E-state index in [0.29, 0.717) is 16.9 Å². The molecule has 13 heteroatoms. The number of esters is 1. The molecule has 0 aromatic heterocycles. The van der Waals surface area contributed by atoms with Crippen LogP contribution in [0.5, 0.6) is 0 Å². The number of fused-ring (bicyclic) bond motifs is 1. The van der Waals surface area contributed by atoms with Gasteiger partial charge in [0.25, 0.3) is 12.2 Å². The van der Waals surface area contributed by atoms with E-state index in [1.807, 2.05) is 0 Å². The lowest BCUT2D eigenvalue weighted by atomic mass is 9.83. The van der Waals surface area contributed by atoms with Crippen LogP contribution in [0.4, 0.5) is 5.69 Å². The second-order valence-electron chi connectivity index (χ2n) is 7.12. The Morgan fingerprint density at radius 1 is 1.45 bits per heavy atom. The van der Waals surface area contributed by atoms with E-state index in [1.165, 1.54) is 40.9 Å². The molecule has 0 saturated carbocycles. The van der Waals surface area contributed by atoms with Crippen LogP contribution in [0.1, 0.15) is 18.9 Å². The van der Waals surface area contributed by atoms with Gasteiger partial charge in [0.15, 0.2) is 0 Å². The zero-order valence-corrected chi connectivity index (χ0v) is 18.2. The highest BCUT2D eigenvalue weighted by Crippen LogP contribution is 2.48. The molecule has 2 aliphatic heterocycles. The van der Waals surface area contributed by atoms with Crippen LogP contribution in [0.3, 0.4) is 0 Å². The second kappa shape index (κ2) is 10.7. The van der Waals surface area contributed by atoms with Crippen LogP contribution in [-0.2, 0) is 30.5 Å². The Labute approximate surface area is 192 Å². The minimum atomic E-state index is -0.711. The maximum absolute atomic E-state index is 12.9. The molecule has 0 unspecified atom stereocenters. The first kappa shape index (κ1) is 23.8. The number of azide groups is 1. The first-order valence-corrected chi connectivity index (χ1v) is 10.6. The normalized spacial score (nSPS) is 20.0. The fourth-order valence-electron chi connectivity index (χ4n) is 3.67. The Morgan fingerprint density at radius 2 is 2.18 bits per heavy atom. The third-order valence-electron chi connectivity index (χ3n) is 5.21. The number of nitro groups is 1. The molecular formula is C20H19N5O7S. The van der Waals surface area contributed by atoms with Gasteiger partial charge in [0.05, 0.1) is 16.9 Å². The summed E-state index contributed by atoms with van der Waals surface area (Å²) in [6, 6.07) is 5.23. The summed E-state index contributed by atoms with van der Waals surface area (Å²) in [5, 5.41) is 15.8. The van der Waals surface area contributed by atoms with Crippen molar-refractivity contribution in [3.05, 3.63) is 72.5 Å². The van der Waals surface area contributed by atoms with Crippen LogP contribution in [-0.4, -0.2) is 46.9 Å². The van der Waals surface area contributed by atoms with Crippen LogP contribution in [0, 0.1) is 16.0 Å². The topological polar surface area (TPSA) is 165 Å². The molecule has 1 fully saturated rings. The molecule has 1 aromatic rings. The molecular weight excluding hydrogens is 454 g/mol. The Bertz CT molecular complexity index is 1070. The molecule has 3 rings (SSSR count). The van der Waals surface area contributed by atoms with E-state index in [2.05, 4.69) is 10.0 Å². The monoisotopic (exact) mass is 473 g/mol. The van der Waals surface area contributed by atoms with Gasteiger partial charge in [0.1, 0.15) is 18.4 Å². The second-order valence-corrected chi connectivity index (χ2v) is 8.12. The zero-order valence-electron chi connectivity index (χ0n) is 17.4. The number of carbonyl (C=O) groups excluding carboxylic acids is 3. The number of carbonyl (C=O) groups is 3. The molecule has 172 valence electrons. The fourth-order valence-corrected chi connectivity index (χ4v) is 4.58. The number of hydrogen-bond acceptors (Lipinski definition) is 9. The first-order chi connectivity index (χ1) is 15.9. The van der Waals surface area contributed by atoms with Crippen molar-refractivity contribution in [2.24, 2.45) is 11.0 Å². The Morgan fingerprint density at radius 3 is 2.82 bits per heavy atom. The molecule has 1 saturated heterocycles. The van der Waals surface area contributed by atoms with Crippen LogP contribution in [0.15, 0.2) is 51.5 Å². The summed E-state index contributed by atoms with van der Waals surface area (Å²) in [5.41, 5.74) is 8.93. The highest BCUT2D eigenvalue weighted by Gasteiger charge is 2.57. The average molecular weight is 473 g/mol. The van der Waals surface area contributed by atoms with Gasteiger partial charge in [-0.25, -0.2) is 4.79 Å². The lowest BCUT2D eigenvalue weighted by molar-refractivity contribution is -0.384. The number of β-lactam (4-membered cyclic amide) rings is 1. The number of thioether (sulfide) groups is 1. The Balaban J connectivity index is 1.75. The van der Waals surface area contributed by atoms with Crippen molar-refractivity contribution in [3.63, 3.8) is 0 Å². The van der Waals surface area contributed by atoms with Crippen molar-refractivity contribution < 1.29 is 28.8 Å². The number of ether oxygens (including phenoxy) is 2. The molecule has 33 heavy (non-hydrogen) atoms. The van der Waals surface area contributed by atoms with Crippen molar-refractivity contribution in [2.75, 3.05) is 6.54 Å². The first-order valence-electron chi connectivity index (χ1n) is 9.77. The predicted octanol–water partition coefficient (Wildman–Crippen LogP) is 3.20. The number of rotatable bonds is 11. The predicted molar refractivity (Wildman–Crippen MR) is 116 cm³/mol. The summed E-state index contributed by atoms with van der Waals surface area (Å²) in [4.78, 5) is 51.2. The lowest BCUT2D eigenvalue weighted by Crippen LogP contribution is -2.62. The van der Waals surface area contributed by atoms with Gasteiger partial charge in [-0.05, 0) is 35.6 Å². The van der Waals surface area contributed by atoms with Crippen LogP contribution < -0.4 is 0 Å². The van der Waals surface area contributed by atoms with E-state index < -0.39 is 22.9 Å². The van der Waals surface area contributed by atoms with Gasteiger partial charge in [0.2, 0.25) is 5.91 Å². The van der Waals surface area contributed by atoms with Crippen LogP contribution in [0.25, 0.3) is 10.4 Å². The van der Waals surface area contributed by atoms with E-state index in [-0.39, 0.29) is 43.0 Å². The van der Waals surface area contributed by atoms with Crippen molar-refractivity contribution in [1.82, 2.24) is 4.90 Å². The summed E-state index contributed by atoms with van der Waals surface area (Å²) < 4.78 is 10.3. The highest BCUT2D eigenvalue weighted by atomic mass is 32.2. The maximum atomic E-state index is 12.9. The minimum absolute atomic E-state index is 0.0819. The van der Waals surface area contributed by atoms with Crippen LogP contribution >= 0.6 is 11.8 Å². The fraction of sp³-hybridized carbons (Fsp3) is 0.350. The van der Waals surface area contributed by atoms with Gasteiger partial charge < -0.3 is 14.4 Å². The molecule has 2 heterocycles. The number of nitrogens with zero attached hydrogens (tertiary/aromatic N) is 5. The van der Waals surface area contributed by atoms with Crippen molar-refractivity contribution in [1.29, 1.82) is 0 Å². The van der Waals surface area contributed by atoms with Gasteiger partial charge in [0, 0.05) is 34.9 Å². The molecule has 0 radical (unpaired) electrons. The molecule has 3 atom stereocenters. The van der Waals surface area contributed by atoms with Gasteiger partial charge in [-0.15, -0.1) is 11.8 Å². The highest BCUT2D eigenvalue weighted by molar-refractivity contribution is 8.05. The van der Waals surface area contributed by atoms with E-state index in [9.17, 15) is 24.5 Å². The molecule has 0 bridgehead atoms. The summed E-state index contributed by atoms with van der Waals surface area (Å²) in [7, 11) is 0. The lowest BCUT2D eigenvalue weighted by Gasteiger charge is -2.45. The summed E-state index contributed by atoms with van der Waals surface area (Å²) in [6.45, 7) is 1.91. The third kappa shape index (κ3) is 5.16. The average Bonchev–Trinajstić information content (AvgIpc) is 3.12. The number of amides is 1. The van der Waals surface area contributed by atoms with Crippen molar-refractivity contribution in [3.8, 4) is 0 Å². The standard InChI is InChI=1S/C20H19N5O7S/c1-12(32-11-26)17-15-9-16(33-8-2-7-22-23-21)18(24(15)19(17)27)20(28)31-10-13-3-5-14(6-4-13)25(29)30/h2-6,8,11-12,15,17H,7,9-10H2,1H3/b8-2+/t12-,15-,17-/m1/s1. The van der Waals surface area contributed by atoms with Gasteiger partial charge in [-0.2, -0.15) is 0 Å². The van der Waals surface area contributed by atoms with E-state index in [4.69, 9.17) is 15.0 Å². The third-order valence-corrected chi connectivity index (χ3v) is 6.18. The number of hydrogen-bond donors (Lipinski definition) is 0. The minimum Gasteiger partial charge on any atom is -0.464 e. The number of non-ortho nitro benzene ring substituents is 1. The molecule has 0 spiro atoms. The van der Waals surface area contributed by atoms with Gasteiger partial charge >= 0.3 is 5.97 Å². The summed E-state index contributed by atoms with van der Waals surface area (Å²) >= 11 is 1.21. The van der Waals surface area contributed by atoms with Crippen LogP contribution in [0.2, 0.25) is 0 Å². The summed E-state index contributed by atoms with van der Waals surface area (Å²) in [5.74, 6) is -1.62. The van der Waals surface area contributed by atoms with Crippen molar-refractivity contribution >= 4 is 35.8 Å². The molecule has 1 amide bonds. The van der Waals surface area contributed by atoms with E-state index in [1.54, 1.807) is 18.4 Å². The van der Waals surface area contributed by atoms with E-state index >= 15 is 0 Å². The number of benzene rings is 1. The largest absolute Gasteiger partial charge is 0.464 e. The zero-order chi connectivity index (χ0) is 24.0. The van der Waals surface area contributed by atoms with Crippen molar-refractivity contribution in [2.45, 2.75) is 32.1 Å². The molecule has 1 aromatic carbocycles. The molecule has 0 N–H and O–H groups in total. The van der Waals surface area contributed by atoms with Gasteiger partial charge in [-0.3, -0.25) is 19.7 Å². The molecule has 2 aliphatic rings. The SMILES string of the molecule is C[C@@H](OC=O)[C@H]1C(=O)N2C(C(=O)OCc3ccc([N+](=O)[O-])cc3)=C(S/C=C/CN=[N+]=[N-])C[C@H]12. The summed E-state index contributed by atoms with van der Waals surface area (Å²) in [6.07, 6.45) is 1.35. The Kier molecular flexibility index (Phi) is 7.70. The maximum Gasteiger partial charge on any atom is 0.356 e. The smallest absolute Gasteiger partial charge is 0.356 e. The number of nitro benzene ring substituents is 1. The quantitative estimate of drug-likeness (QED) is 0.0690. The Hall–Kier alpha value is -3.83. The molecule has 0 aliphatic carbocycles.